The molecule has 0 aromatic carbocycles. The standard InChI is InChI=1S/C12H20N4O2.ClH/c1-14-10(8-11(17)15(2)12(14)18)9-16-6-3-4-13-5-7-16;/h8,13H,3-7,9H2,1-2H3;1H. The lowest BCUT2D eigenvalue weighted by Gasteiger charge is -2.20. The van der Waals surface area contributed by atoms with Crippen LogP contribution in [0.25, 0.3) is 0 Å². The van der Waals surface area contributed by atoms with E-state index in [4.69, 9.17) is 0 Å². The van der Waals surface area contributed by atoms with Crippen molar-refractivity contribution in [3.8, 4) is 0 Å². The number of halogens is 1. The molecule has 0 aliphatic carbocycles. The highest BCUT2D eigenvalue weighted by atomic mass is 35.5. The average Bonchev–Trinajstić information content (AvgIpc) is 2.62. The molecule has 0 radical (unpaired) electrons. The van der Waals surface area contributed by atoms with Crippen LogP contribution in [0.5, 0.6) is 0 Å². The number of hydrogen-bond acceptors (Lipinski definition) is 4. The molecule has 2 rings (SSSR count). The number of hydrogen-bond donors (Lipinski definition) is 1. The Balaban J connectivity index is 0.00000180. The fourth-order valence-electron chi connectivity index (χ4n) is 2.22. The van der Waals surface area contributed by atoms with Crippen LogP contribution in [0, 0.1) is 0 Å². The monoisotopic (exact) mass is 288 g/mol. The summed E-state index contributed by atoms with van der Waals surface area (Å²) in [6.07, 6.45) is 1.10. The van der Waals surface area contributed by atoms with E-state index in [9.17, 15) is 9.59 Å². The molecular weight excluding hydrogens is 268 g/mol. The van der Waals surface area contributed by atoms with E-state index in [2.05, 4.69) is 10.2 Å². The number of nitrogens with one attached hydrogen (secondary N) is 1. The molecule has 2 heterocycles. The van der Waals surface area contributed by atoms with Crippen LogP contribution >= 0.6 is 12.4 Å². The molecular formula is C12H21ClN4O2. The Morgan fingerprint density at radius 1 is 1.16 bits per heavy atom. The highest BCUT2D eigenvalue weighted by molar-refractivity contribution is 5.85. The van der Waals surface area contributed by atoms with Gasteiger partial charge in [0.05, 0.1) is 0 Å². The SMILES string of the molecule is Cl.Cn1c(CN2CCCNCC2)cc(=O)n(C)c1=O. The van der Waals surface area contributed by atoms with Crippen molar-refractivity contribution in [3.63, 3.8) is 0 Å². The lowest BCUT2D eigenvalue weighted by atomic mass is 10.3. The third kappa shape index (κ3) is 3.68. The zero-order valence-corrected chi connectivity index (χ0v) is 12.2. The van der Waals surface area contributed by atoms with Crippen LogP contribution in [0.2, 0.25) is 0 Å². The number of aromatic nitrogens is 2. The molecule has 0 bridgehead atoms. The van der Waals surface area contributed by atoms with E-state index in [-0.39, 0.29) is 23.7 Å². The Morgan fingerprint density at radius 2 is 1.89 bits per heavy atom. The Labute approximate surface area is 118 Å². The van der Waals surface area contributed by atoms with Gasteiger partial charge >= 0.3 is 5.69 Å². The average molecular weight is 289 g/mol. The summed E-state index contributed by atoms with van der Waals surface area (Å²) in [7, 11) is 3.22. The van der Waals surface area contributed by atoms with Crippen molar-refractivity contribution in [2.45, 2.75) is 13.0 Å². The topological polar surface area (TPSA) is 59.3 Å². The van der Waals surface area contributed by atoms with Crippen molar-refractivity contribution in [3.05, 3.63) is 32.6 Å². The predicted octanol–water partition coefficient (Wildman–Crippen LogP) is -0.699. The van der Waals surface area contributed by atoms with E-state index in [0.29, 0.717) is 6.54 Å². The summed E-state index contributed by atoms with van der Waals surface area (Å²) in [6, 6.07) is 1.56. The normalized spacial score (nSPS) is 16.7. The molecule has 1 fully saturated rings. The fraction of sp³-hybridized carbons (Fsp3) is 0.667. The molecule has 1 saturated heterocycles. The molecule has 108 valence electrons. The molecule has 1 aliphatic heterocycles. The van der Waals surface area contributed by atoms with Crippen LogP contribution in [0.1, 0.15) is 12.1 Å². The second-order valence-electron chi connectivity index (χ2n) is 4.75. The summed E-state index contributed by atoms with van der Waals surface area (Å²) in [5.41, 5.74) is 0.288. The third-order valence-corrected chi connectivity index (χ3v) is 3.44. The van der Waals surface area contributed by atoms with Gasteiger partial charge in [-0.2, -0.15) is 0 Å². The van der Waals surface area contributed by atoms with Crippen LogP contribution in [-0.4, -0.2) is 40.2 Å². The van der Waals surface area contributed by atoms with Crippen LogP contribution < -0.4 is 16.6 Å². The maximum Gasteiger partial charge on any atom is 0.330 e. The van der Waals surface area contributed by atoms with Gasteiger partial charge in [-0.05, 0) is 19.5 Å². The first-order chi connectivity index (χ1) is 8.59. The van der Waals surface area contributed by atoms with Crippen molar-refractivity contribution in [2.24, 2.45) is 14.1 Å². The molecule has 7 heteroatoms. The van der Waals surface area contributed by atoms with E-state index in [0.717, 1.165) is 42.9 Å². The smallest absolute Gasteiger partial charge is 0.315 e. The second-order valence-corrected chi connectivity index (χ2v) is 4.75. The highest BCUT2D eigenvalue weighted by Crippen LogP contribution is 2.02. The van der Waals surface area contributed by atoms with Crippen molar-refractivity contribution in [1.82, 2.24) is 19.4 Å². The van der Waals surface area contributed by atoms with Gasteiger partial charge in [0.2, 0.25) is 0 Å². The van der Waals surface area contributed by atoms with E-state index in [1.54, 1.807) is 17.7 Å². The zero-order valence-electron chi connectivity index (χ0n) is 11.4. The van der Waals surface area contributed by atoms with E-state index >= 15 is 0 Å². The van der Waals surface area contributed by atoms with Gasteiger partial charge in [0.1, 0.15) is 0 Å². The summed E-state index contributed by atoms with van der Waals surface area (Å²) in [4.78, 5) is 25.7. The second kappa shape index (κ2) is 6.88. The van der Waals surface area contributed by atoms with Gasteiger partial charge in [0.15, 0.2) is 0 Å². The van der Waals surface area contributed by atoms with Crippen LogP contribution in [-0.2, 0) is 20.6 Å². The van der Waals surface area contributed by atoms with Gasteiger partial charge in [-0.15, -0.1) is 12.4 Å². The number of rotatable bonds is 2. The summed E-state index contributed by atoms with van der Waals surface area (Å²) in [5, 5.41) is 3.33. The molecule has 0 unspecified atom stereocenters. The Kier molecular flexibility index (Phi) is 5.78. The summed E-state index contributed by atoms with van der Waals surface area (Å²) >= 11 is 0. The molecule has 1 aromatic rings. The van der Waals surface area contributed by atoms with Crippen molar-refractivity contribution >= 4 is 12.4 Å². The molecule has 6 nitrogen and oxygen atoms in total. The minimum absolute atomic E-state index is 0. The van der Waals surface area contributed by atoms with E-state index in [1.165, 1.54) is 7.05 Å². The van der Waals surface area contributed by atoms with E-state index in [1.807, 2.05) is 0 Å². The molecule has 19 heavy (non-hydrogen) atoms. The molecule has 0 atom stereocenters. The molecule has 0 saturated carbocycles. The molecule has 0 amide bonds. The molecule has 0 spiro atoms. The van der Waals surface area contributed by atoms with Crippen LogP contribution in [0.15, 0.2) is 15.7 Å². The lowest BCUT2D eigenvalue weighted by Crippen LogP contribution is -2.40. The summed E-state index contributed by atoms with van der Waals surface area (Å²) < 4.78 is 2.69. The van der Waals surface area contributed by atoms with Gasteiger partial charge in [0.25, 0.3) is 5.56 Å². The lowest BCUT2D eigenvalue weighted by molar-refractivity contribution is 0.276. The first-order valence-electron chi connectivity index (χ1n) is 6.28. The van der Waals surface area contributed by atoms with E-state index < -0.39 is 0 Å². The maximum absolute atomic E-state index is 11.8. The minimum atomic E-state index is -0.259. The predicted molar refractivity (Wildman–Crippen MR) is 76.9 cm³/mol. The van der Waals surface area contributed by atoms with Crippen LogP contribution in [0.3, 0.4) is 0 Å². The van der Waals surface area contributed by atoms with Gasteiger partial charge in [-0.1, -0.05) is 0 Å². The molecule has 1 aromatic heterocycles. The molecule has 1 N–H and O–H groups in total. The van der Waals surface area contributed by atoms with Gasteiger partial charge in [-0.25, -0.2) is 4.79 Å². The maximum atomic E-state index is 11.8. The van der Waals surface area contributed by atoms with Crippen molar-refractivity contribution < 1.29 is 0 Å². The van der Waals surface area contributed by atoms with Crippen molar-refractivity contribution in [1.29, 1.82) is 0 Å². The van der Waals surface area contributed by atoms with Crippen molar-refractivity contribution in [2.75, 3.05) is 26.2 Å². The third-order valence-electron chi connectivity index (χ3n) is 3.44. The zero-order chi connectivity index (χ0) is 13.1. The Hall–Kier alpha value is -1.11. The summed E-state index contributed by atoms with van der Waals surface area (Å²) in [5.74, 6) is 0. The highest BCUT2D eigenvalue weighted by Gasteiger charge is 2.12. The fourth-order valence-corrected chi connectivity index (χ4v) is 2.22. The Bertz CT molecular complexity index is 530. The van der Waals surface area contributed by atoms with Gasteiger partial charge < -0.3 is 5.32 Å². The number of nitrogens with zero attached hydrogens (tertiary/aromatic N) is 3. The largest absolute Gasteiger partial charge is 0.330 e. The minimum Gasteiger partial charge on any atom is -0.315 e. The van der Waals surface area contributed by atoms with Crippen LogP contribution in [0.4, 0.5) is 0 Å². The Morgan fingerprint density at radius 3 is 2.63 bits per heavy atom. The summed E-state index contributed by atoms with van der Waals surface area (Å²) in [6.45, 7) is 4.59. The van der Waals surface area contributed by atoms with Gasteiger partial charge in [-0.3, -0.25) is 18.8 Å². The first-order valence-corrected chi connectivity index (χ1v) is 6.28. The quantitative estimate of drug-likeness (QED) is 0.782. The first kappa shape index (κ1) is 15.9. The van der Waals surface area contributed by atoms with Gasteiger partial charge in [0, 0.05) is 45.5 Å². The molecule has 1 aliphatic rings.